The van der Waals surface area contributed by atoms with Gasteiger partial charge >= 0.3 is 0 Å². The molecule has 0 atom stereocenters. The number of anilines is 1. The van der Waals surface area contributed by atoms with E-state index in [0.717, 1.165) is 24.6 Å². The van der Waals surface area contributed by atoms with E-state index in [1.807, 2.05) is 12.1 Å². The molecule has 0 aromatic carbocycles. The molecule has 0 unspecified atom stereocenters. The van der Waals surface area contributed by atoms with Crippen LogP contribution in [0, 0.1) is 5.92 Å². The molecule has 0 radical (unpaired) electrons. The first-order chi connectivity index (χ1) is 10.9. The van der Waals surface area contributed by atoms with Gasteiger partial charge in [-0.3, -0.25) is 9.89 Å². The summed E-state index contributed by atoms with van der Waals surface area (Å²) in [7, 11) is 0. The van der Waals surface area contributed by atoms with Crippen LogP contribution in [0.3, 0.4) is 0 Å². The number of nitrogens with one attached hydrogen (secondary N) is 2. The Morgan fingerprint density at radius 3 is 2.70 bits per heavy atom. The highest BCUT2D eigenvalue weighted by atomic mass is 16.2. The van der Waals surface area contributed by atoms with Gasteiger partial charge in [-0.1, -0.05) is 20.8 Å². The van der Waals surface area contributed by atoms with Gasteiger partial charge < -0.3 is 10.2 Å². The quantitative estimate of drug-likeness (QED) is 0.864. The molecule has 0 aliphatic carbocycles. The van der Waals surface area contributed by atoms with Crippen molar-refractivity contribution in [1.82, 2.24) is 30.7 Å². The van der Waals surface area contributed by atoms with Crippen LogP contribution in [-0.2, 0) is 5.41 Å². The number of nitrogens with zero attached hydrogens (tertiary/aromatic N) is 5. The van der Waals surface area contributed by atoms with E-state index in [2.05, 4.69) is 56.4 Å². The molecule has 1 aliphatic rings. The van der Waals surface area contributed by atoms with Gasteiger partial charge in [0.2, 0.25) is 5.82 Å². The van der Waals surface area contributed by atoms with Crippen LogP contribution in [-0.4, -0.2) is 50.9 Å². The maximum Gasteiger partial charge on any atom is 0.288 e. The third-order valence-electron chi connectivity index (χ3n) is 3.88. The SMILES string of the molecule is CC(C)(C)c1ccc(N2CC(CNC(=O)c3ncn[nH]3)C2)nn1. The highest BCUT2D eigenvalue weighted by molar-refractivity contribution is 5.90. The number of hydrogen-bond donors (Lipinski definition) is 2. The monoisotopic (exact) mass is 315 g/mol. The zero-order chi connectivity index (χ0) is 16.4. The number of carbonyl (C=O) groups excluding carboxylic acids is 1. The molecule has 2 N–H and O–H groups in total. The second-order valence-corrected chi connectivity index (χ2v) is 6.84. The van der Waals surface area contributed by atoms with Gasteiger partial charge in [-0.2, -0.15) is 10.2 Å². The highest BCUT2D eigenvalue weighted by Crippen LogP contribution is 2.24. The second kappa shape index (κ2) is 5.94. The Morgan fingerprint density at radius 1 is 1.35 bits per heavy atom. The van der Waals surface area contributed by atoms with Crippen LogP contribution in [0.5, 0.6) is 0 Å². The Labute approximate surface area is 134 Å². The molecule has 1 fully saturated rings. The third kappa shape index (κ3) is 3.46. The minimum Gasteiger partial charge on any atom is -0.354 e. The summed E-state index contributed by atoms with van der Waals surface area (Å²) in [6, 6.07) is 4.04. The zero-order valence-corrected chi connectivity index (χ0v) is 13.6. The van der Waals surface area contributed by atoms with Crippen LogP contribution in [0.2, 0.25) is 0 Å². The first-order valence-corrected chi connectivity index (χ1v) is 7.66. The van der Waals surface area contributed by atoms with E-state index >= 15 is 0 Å². The topological polar surface area (TPSA) is 99.7 Å². The van der Waals surface area contributed by atoms with Crippen LogP contribution >= 0.6 is 0 Å². The lowest BCUT2D eigenvalue weighted by Gasteiger charge is -2.40. The molecule has 3 rings (SSSR count). The second-order valence-electron chi connectivity index (χ2n) is 6.84. The average molecular weight is 315 g/mol. The summed E-state index contributed by atoms with van der Waals surface area (Å²) >= 11 is 0. The van der Waals surface area contributed by atoms with Crippen molar-refractivity contribution in [2.75, 3.05) is 24.5 Å². The average Bonchev–Trinajstić information content (AvgIpc) is 2.99. The van der Waals surface area contributed by atoms with Crippen molar-refractivity contribution in [2.24, 2.45) is 5.92 Å². The van der Waals surface area contributed by atoms with Crippen molar-refractivity contribution in [2.45, 2.75) is 26.2 Å². The lowest BCUT2D eigenvalue weighted by atomic mass is 9.92. The molecule has 2 aromatic rings. The first-order valence-electron chi connectivity index (χ1n) is 7.66. The molecule has 1 aliphatic heterocycles. The third-order valence-corrected chi connectivity index (χ3v) is 3.88. The summed E-state index contributed by atoms with van der Waals surface area (Å²) < 4.78 is 0. The van der Waals surface area contributed by atoms with Gasteiger partial charge in [0, 0.05) is 31.0 Å². The predicted molar refractivity (Wildman–Crippen MR) is 85.2 cm³/mol. The van der Waals surface area contributed by atoms with Crippen molar-refractivity contribution >= 4 is 11.7 Å². The van der Waals surface area contributed by atoms with Gasteiger partial charge in [-0.05, 0) is 12.1 Å². The molecule has 0 bridgehead atoms. The summed E-state index contributed by atoms with van der Waals surface area (Å²) in [5.74, 6) is 1.31. The zero-order valence-electron chi connectivity index (χ0n) is 13.6. The van der Waals surface area contributed by atoms with E-state index in [1.165, 1.54) is 6.33 Å². The number of carbonyl (C=O) groups is 1. The minimum absolute atomic E-state index is 0.00794. The standard InChI is InChI=1S/C15H21N7O/c1-15(2,3)11-4-5-12(20-19-11)22-7-10(8-22)6-16-14(23)13-17-9-18-21-13/h4-5,9-10H,6-8H2,1-3H3,(H,16,23)(H,17,18,21). The first kappa shape index (κ1) is 15.4. The van der Waals surface area contributed by atoms with E-state index in [9.17, 15) is 4.79 Å². The van der Waals surface area contributed by atoms with Crippen molar-refractivity contribution in [3.05, 3.63) is 30.0 Å². The Bertz CT molecular complexity index is 654. The predicted octanol–water partition coefficient (Wildman–Crippen LogP) is 0.758. The number of amides is 1. The van der Waals surface area contributed by atoms with Gasteiger partial charge in [0.15, 0.2) is 5.82 Å². The Hall–Kier alpha value is -2.51. The van der Waals surface area contributed by atoms with Crippen LogP contribution in [0.4, 0.5) is 5.82 Å². The molecule has 122 valence electrons. The Balaban J connectivity index is 1.46. The van der Waals surface area contributed by atoms with Crippen LogP contribution in [0.15, 0.2) is 18.5 Å². The molecule has 8 heteroatoms. The summed E-state index contributed by atoms with van der Waals surface area (Å²) in [6.07, 6.45) is 1.32. The van der Waals surface area contributed by atoms with Crippen molar-refractivity contribution in [3.8, 4) is 0 Å². The summed E-state index contributed by atoms with van der Waals surface area (Å²) in [6.45, 7) is 8.69. The van der Waals surface area contributed by atoms with E-state index in [4.69, 9.17) is 0 Å². The number of aromatic amines is 1. The molecule has 23 heavy (non-hydrogen) atoms. The van der Waals surface area contributed by atoms with E-state index < -0.39 is 0 Å². The highest BCUT2D eigenvalue weighted by Gasteiger charge is 2.29. The number of aromatic nitrogens is 5. The van der Waals surface area contributed by atoms with Crippen molar-refractivity contribution in [1.29, 1.82) is 0 Å². The van der Waals surface area contributed by atoms with Crippen molar-refractivity contribution < 1.29 is 4.79 Å². The van der Waals surface area contributed by atoms with E-state index in [1.54, 1.807) is 0 Å². The Kier molecular flexibility index (Phi) is 3.97. The molecule has 1 amide bonds. The van der Waals surface area contributed by atoms with Crippen molar-refractivity contribution in [3.63, 3.8) is 0 Å². The summed E-state index contributed by atoms with van der Waals surface area (Å²) in [5.41, 5.74) is 0.992. The number of rotatable bonds is 4. The smallest absolute Gasteiger partial charge is 0.288 e. The summed E-state index contributed by atoms with van der Waals surface area (Å²) in [4.78, 5) is 17.7. The molecule has 0 saturated carbocycles. The maximum absolute atomic E-state index is 11.8. The van der Waals surface area contributed by atoms with Gasteiger partial charge in [0.1, 0.15) is 6.33 Å². The van der Waals surface area contributed by atoms with Gasteiger partial charge in [-0.15, -0.1) is 5.10 Å². The number of H-pyrrole nitrogens is 1. The Morgan fingerprint density at radius 2 is 2.13 bits per heavy atom. The normalized spacial score (nSPS) is 15.3. The summed E-state index contributed by atoms with van der Waals surface area (Å²) in [5, 5.41) is 17.7. The lowest BCUT2D eigenvalue weighted by molar-refractivity contribution is 0.0934. The van der Waals surface area contributed by atoms with E-state index in [0.29, 0.717) is 12.5 Å². The lowest BCUT2D eigenvalue weighted by Crippen LogP contribution is -2.52. The maximum atomic E-state index is 11.8. The largest absolute Gasteiger partial charge is 0.354 e. The van der Waals surface area contributed by atoms with Crippen LogP contribution in [0.25, 0.3) is 0 Å². The fourth-order valence-electron chi connectivity index (χ4n) is 2.42. The van der Waals surface area contributed by atoms with E-state index in [-0.39, 0.29) is 17.1 Å². The molecule has 0 spiro atoms. The van der Waals surface area contributed by atoms with Crippen LogP contribution in [0.1, 0.15) is 37.1 Å². The van der Waals surface area contributed by atoms with Crippen LogP contribution < -0.4 is 10.2 Å². The fraction of sp³-hybridized carbons (Fsp3) is 0.533. The molecule has 2 aromatic heterocycles. The molecule has 3 heterocycles. The van der Waals surface area contributed by atoms with Gasteiger partial charge in [0.05, 0.1) is 5.69 Å². The number of hydrogen-bond acceptors (Lipinski definition) is 6. The molecule has 8 nitrogen and oxygen atoms in total. The molecular formula is C15H21N7O. The molecule has 1 saturated heterocycles. The fourth-order valence-corrected chi connectivity index (χ4v) is 2.42. The minimum atomic E-state index is -0.227. The van der Waals surface area contributed by atoms with Gasteiger partial charge in [-0.25, -0.2) is 4.98 Å². The molecular weight excluding hydrogens is 294 g/mol. The van der Waals surface area contributed by atoms with Gasteiger partial charge in [0.25, 0.3) is 5.91 Å².